The minimum Gasteiger partial charge on any atom is -0.398 e. The highest BCUT2D eigenvalue weighted by Crippen LogP contribution is 2.15. The van der Waals surface area contributed by atoms with Crippen LogP contribution < -0.4 is 5.73 Å². The van der Waals surface area contributed by atoms with Crippen molar-refractivity contribution in [2.75, 3.05) is 5.73 Å². The zero-order valence-corrected chi connectivity index (χ0v) is 10.5. The van der Waals surface area contributed by atoms with Gasteiger partial charge in [0.15, 0.2) is 5.78 Å². The Morgan fingerprint density at radius 3 is 2.82 bits per heavy atom. The number of hydrogen-bond donors (Lipinski definition) is 1. The lowest BCUT2D eigenvalue weighted by atomic mass is 10.1. The molecule has 0 saturated heterocycles. The Morgan fingerprint density at radius 2 is 2.12 bits per heavy atom. The topological polar surface area (TPSA) is 68.9 Å². The lowest BCUT2D eigenvalue weighted by Gasteiger charge is -2.04. The molecule has 0 amide bonds. The summed E-state index contributed by atoms with van der Waals surface area (Å²) in [4.78, 5) is 19.9. The number of carbonyl (C=O) groups is 1. The van der Waals surface area contributed by atoms with Gasteiger partial charge in [-0.25, -0.2) is 0 Å². The molecule has 2 heterocycles. The van der Waals surface area contributed by atoms with Crippen molar-refractivity contribution in [3.63, 3.8) is 0 Å². The van der Waals surface area contributed by atoms with Crippen LogP contribution in [0.2, 0.25) is 0 Å². The molecule has 5 heteroatoms. The van der Waals surface area contributed by atoms with E-state index in [0.29, 0.717) is 11.3 Å². The van der Waals surface area contributed by atoms with Gasteiger partial charge in [0, 0.05) is 52.5 Å². The van der Waals surface area contributed by atoms with Gasteiger partial charge >= 0.3 is 0 Å². The Bertz CT molecular complexity index is 557. The van der Waals surface area contributed by atoms with E-state index in [1.807, 2.05) is 0 Å². The van der Waals surface area contributed by atoms with Crippen molar-refractivity contribution in [3.05, 3.63) is 52.5 Å². The molecule has 0 unspecified atom stereocenters. The quantitative estimate of drug-likeness (QED) is 0.881. The predicted molar refractivity (Wildman–Crippen MR) is 68.6 cm³/mol. The molecule has 2 rings (SSSR count). The number of carbonyl (C=O) groups excluding carboxylic acids is 1. The lowest BCUT2D eigenvalue weighted by molar-refractivity contribution is 0.0992. The van der Waals surface area contributed by atoms with Gasteiger partial charge in [-0.05, 0) is 28.1 Å². The van der Waals surface area contributed by atoms with Gasteiger partial charge in [0.05, 0.1) is 0 Å². The Morgan fingerprint density at radius 1 is 1.29 bits per heavy atom. The van der Waals surface area contributed by atoms with Crippen LogP contribution in [-0.4, -0.2) is 15.8 Å². The second-order valence-corrected chi connectivity index (χ2v) is 4.48. The average Bonchev–Trinajstić information content (AvgIpc) is 2.32. The summed E-state index contributed by atoms with van der Waals surface area (Å²) in [7, 11) is 0. The van der Waals surface area contributed by atoms with Crippen LogP contribution in [0, 0.1) is 0 Å². The highest BCUT2D eigenvalue weighted by Gasteiger charge is 2.10. The fourth-order valence-electron chi connectivity index (χ4n) is 1.43. The Hall–Kier alpha value is -1.75. The standard InChI is InChI=1S/C12H10BrN3O/c13-10-3-9(6-16-7-10)12(17)4-8-5-15-2-1-11(8)14/h1-3,5-7H,4H2,(H2,14,15). The molecule has 0 aliphatic heterocycles. The van der Waals surface area contributed by atoms with Gasteiger partial charge in [0.1, 0.15) is 0 Å². The smallest absolute Gasteiger partial charge is 0.168 e. The van der Waals surface area contributed by atoms with Crippen LogP contribution in [0.5, 0.6) is 0 Å². The number of rotatable bonds is 3. The zero-order chi connectivity index (χ0) is 12.3. The van der Waals surface area contributed by atoms with Crippen molar-refractivity contribution in [1.29, 1.82) is 0 Å². The normalized spacial score (nSPS) is 10.2. The van der Waals surface area contributed by atoms with Crippen LogP contribution in [0.15, 0.2) is 41.4 Å². The molecule has 0 aliphatic rings. The highest BCUT2D eigenvalue weighted by atomic mass is 79.9. The first-order valence-electron chi connectivity index (χ1n) is 4.99. The number of anilines is 1. The lowest BCUT2D eigenvalue weighted by Crippen LogP contribution is -2.06. The molecule has 0 fully saturated rings. The SMILES string of the molecule is Nc1ccncc1CC(=O)c1cncc(Br)c1. The minimum absolute atomic E-state index is 0.0292. The average molecular weight is 292 g/mol. The summed E-state index contributed by atoms with van der Waals surface area (Å²) in [5, 5.41) is 0. The summed E-state index contributed by atoms with van der Waals surface area (Å²) in [6, 6.07) is 3.42. The Labute approximate surface area is 107 Å². The number of nitrogens with zero attached hydrogens (tertiary/aromatic N) is 2. The van der Waals surface area contributed by atoms with Gasteiger partial charge in [-0.2, -0.15) is 0 Å². The van der Waals surface area contributed by atoms with Gasteiger partial charge in [-0.3, -0.25) is 14.8 Å². The molecular formula is C12H10BrN3O. The summed E-state index contributed by atoms with van der Waals surface area (Å²) < 4.78 is 0.780. The number of nitrogen functional groups attached to an aromatic ring is 1. The first-order chi connectivity index (χ1) is 8.16. The molecule has 4 nitrogen and oxygen atoms in total. The number of ketones is 1. The number of pyridine rings is 2. The zero-order valence-electron chi connectivity index (χ0n) is 8.93. The van der Waals surface area contributed by atoms with Crippen LogP contribution in [0.4, 0.5) is 5.69 Å². The minimum atomic E-state index is -0.0292. The monoisotopic (exact) mass is 291 g/mol. The van der Waals surface area contributed by atoms with Crippen molar-refractivity contribution >= 4 is 27.4 Å². The largest absolute Gasteiger partial charge is 0.398 e. The molecule has 0 radical (unpaired) electrons. The van der Waals surface area contributed by atoms with E-state index in [2.05, 4.69) is 25.9 Å². The van der Waals surface area contributed by atoms with Crippen molar-refractivity contribution in [2.45, 2.75) is 6.42 Å². The molecule has 0 saturated carbocycles. The third-order valence-corrected chi connectivity index (χ3v) is 2.75. The number of nitrogens with two attached hydrogens (primary N) is 1. The van der Waals surface area contributed by atoms with E-state index in [4.69, 9.17) is 5.73 Å². The highest BCUT2D eigenvalue weighted by molar-refractivity contribution is 9.10. The molecule has 2 aromatic heterocycles. The molecule has 2 aromatic rings. The first kappa shape index (κ1) is 11.7. The van der Waals surface area contributed by atoms with E-state index >= 15 is 0 Å². The summed E-state index contributed by atoms with van der Waals surface area (Å²) >= 11 is 3.28. The Balaban J connectivity index is 2.20. The van der Waals surface area contributed by atoms with Crippen LogP contribution in [0.1, 0.15) is 15.9 Å². The molecule has 0 bridgehead atoms. The molecule has 0 atom stereocenters. The third-order valence-electron chi connectivity index (χ3n) is 2.32. The fraction of sp³-hybridized carbons (Fsp3) is 0.0833. The van der Waals surface area contributed by atoms with E-state index < -0.39 is 0 Å². The molecule has 17 heavy (non-hydrogen) atoms. The number of halogens is 1. The van der Waals surface area contributed by atoms with Crippen molar-refractivity contribution < 1.29 is 4.79 Å². The van der Waals surface area contributed by atoms with E-state index in [1.165, 1.54) is 0 Å². The molecule has 0 spiro atoms. The summed E-state index contributed by atoms with van der Waals surface area (Å²) in [6.07, 6.45) is 6.62. The number of hydrogen-bond acceptors (Lipinski definition) is 4. The van der Waals surface area contributed by atoms with Crippen molar-refractivity contribution in [1.82, 2.24) is 9.97 Å². The van der Waals surface area contributed by atoms with Gasteiger partial charge in [-0.1, -0.05) is 0 Å². The van der Waals surface area contributed by atoms with Gasteiger partial charge in [-0.15, -0.1) is 0 Å². The van der Waals surface area contributed by atoms with Crippen LogP contribution >= 0.6 is 15.9 Å². The van der Waals surface area contributed by atoms with Crippen LogP contribution in [0.3, 0.4) is 0 Å². The predicted octanol–water partition coefficient (Wildman–Crippen LogP) is 2.25. The second kappa shape index (κ2) is 5.05. The van der Waals surface area contributed by atoms with Crippen molar-refractivity contribution in [3.8, 4) is 0 Å². The molecule has 2 N–H and O–H groups in total. The second-order valence-electron chi connectivity index (χ2n) is 3.57. The number of Topliss-reactive ketones (excluding diaryl/α,β-unsaturated/α-hetero) is 1. The van der Waals surface area contributed by atoms with Gasteiger partial charge < -0.3 is 5.73 Å². The maximum Gasteiger partial charge on any atom is 0.168 e. The molecule has 0 aromatic carbocycles. The maximum absolute atomic E-state index is 12.0. The van der Waals surface area contributed by atoms with Crippen LogP contribution in [-0.2, 0) is 6.42 Å². The van der Waals surface area contributed by atoms with Gasteiger partial charge in [0.2, 0.25) is 0 Å². The summed E-state index contributed by atoms with van der Waals surface area (Å²) in [5.74, 6) is -0.0292. The fourth-order valence-corrected chi connectivity index (χ4v) is 1.79. The van der Waals surface area contributed by atoms with E-state index in [-0.39, 0.29) is 12.2 Å². The van der Waals surface area contributed by atoms with Crippen LogP contribution in [0.25, 0.3) is 0 Å². The summed E-state index contributed by atoms with van der Waals surface area (Å²) in [5.41, 5.74) is 7.63. The maximum atomic E-state index is 12.0. The third kappa shape index (κ3) is 2.88. The van der Waals surface area contributed by atoms with E-state index in [0.717, 1.165) is 10.0 Å². The molecule has 0 aliphatic carbocycles. The van der Waals surface area contributed by atoms with E-state index in [9.17, 15) is 4.79 Å². The van der Waals surface area contributed by atoms with Gasteiger partial charge in [0.25, 0.3) is 0 Å². The first-order valence-corrected chi connectivity index (χ1v) is 5.78. The number of aromatic nitrogens is 2. The Kier molecular flexibility index (Phi) is 3.49. The van der Waals surface area contributed by atoms with E-state index in [1.54, 1.807) is 36.9 Å². The van der Waals surface area contributed by atoms with Crippen molar-refractivity contribution in [2.24, 2.45) is 0 Å². The molecular weight excluding hydrogens is 282 g/mol. The summed E-state index contributed by atoms with van der Waals surface area (Å²) in [6.45, 7) is 0. The molecule has 86 valence electrons.